The second kappa shape index (κ2) is 7.78. The lowest BCUT2D eigenvalue weighted by Gasteiger charge is -2.13. The van der Waals surface area contributed by atoms with Crippen molar-refractivity contribution < 1.29 is 9.18 Å². The Hall–Kier alpha value is -2.54. The van der Waals surface area contributed by atoms with E-state index in [0.29, 0.717) is 11.3 Å². The Bertz CT molecular complexity index is 941. The number of Topliss-reactive ketones (excluding diaryl/α,β-unsaturated/α-hetero) is 1. The van der Waals surface area contributed by atoms with Gasteiger partial charge in [0.2, 0.25) is 0 Å². The number of benzene rings is 1. The molecule has 0 bridgehead atoms. The molecule has 7 heteroatoms. The summed E-state index contributed by atoms with van der Waals surface area (Å²) in [6, 6.07) is 10.2. The average Bonchev–Trinajstić information content (AvgIpc) is 3.01. The Morgan fingerprint density at radius 3 is 2.81 bits per heavy atom. The van der Waals surface area contributed by atoms with E-state index in [4.69, 9.17) is 0 Å². The molecule has 1 atom stereocenters. The fraction of sp³-hybridized carbons (Fsp3) is 0.263. The molecule has 5 nitrogen and oxygen atoms in total. The van der Waals surface area contributed by atoms with Gasteiger partial charge in [-0.1, -0.05) is 30.0 Å². The van der Waals surface area contributed by atoms with Gasteiger partial charge in [0, 0.05) is 24.4 Å². The predicted octanol–water partition coefficient (Wildman–Crippen LogP) is 3.94. The Labute approximate surface area is 155 Å². The molecular formula is C19H19FN4OS. The predicted molar refractivity (Wildman–Crippen MR) is 98.7 cm³/mol. The Morgan fingerprint density at radius 1 is 1.31 bits per heavy atom. The number of carbonyl (C=O) groups is 1. The van der Waals surface area contributed by atoms with Crippen LogP contribution in [0.1, 0.15) is 39.5 Å². The third kappa shape index (κ3) is 4.16. The van der Waals surface area contributed by atoms with E-state index in [-0.39, 0.29) is 23.3 Å². The highest BCUT2D eigenvalue weighted by molar-refractivity contribution is 7.99. The van der Waals surface area contributed by atoms with Crippen molar-refractivity contribution in [3.05, 3.63) is 71.1 Å². The van der Waals surface area contributed by atoms with Crippen LogP contribution in [-0.4, -0.2) is 25.5 Å². The molecule has 134 valence electrons. The van der Waals surface area contributed by atoms with Gasteiger partial charge in [-0.2, -0.15) is 0 Å². The van der Waals surface area contributed by atoms with Gasteiger partial charge in [-0.05, 0) is 43.2 Å². The van der Waals surface area contributed by atoms with E-state index >= 15 is 0 Å². The summed E-state index contributed by atoms with van der Waals surface area (Å²) in [6.45, 7) is 3.84. The lowest BCUT2D eigenvalue weighted by Crippen LogP contribution is -2.08. The average molecular weight is 370 g/mol. The Morgan fingerprint density at radius 2 is 2.12 bits per heavy atom. The highest BCUT2D eigenvalue weighted by Gasteiger charge is 2.16. The van der Waals surface area contributed by atoms with Crippen molar-refractivity contribution in [3.8, 4) is 0 Å². The number of thioether (sulfide) groups is 1. The van der Waals surface area contributed by atoms with E-state index in [9.17, 15) is 9.18 Å². The van der Waals surface area contributed by atoms with Crippen LogP contribution in [0.2, 0.25) is 0 Å². The number of hydrogen-bond acceptors (Lipinski definition) is 5. The number of halogens is 1. The van der Waals surface area contributed by atoms with Crippen molar-refractivity contribution in [2.45, 2.75) is 30.7 Å². The summed E-state index contributed by atoms with van der Waals surface area (Å²) >= 11 is 1.53. The van der Waals surface area contributed by atoms with Gasteiger partial charge in [0.1, 0.15) is 17.8 Å². The van der Waals surface area contributed by atoms with Crippen LogP contribution < -0.4 is 0 Å². The zero-order valence-corrected chi connectivity index (χ0v) is 15.6. The first-order valence-corrected chi connectivity index (χ1v) is 9.08. The van der Waals surface area contributed by atoms with Crippen molar-refractivity contribution in [2.75, 3.05) is 0 Å². The van der Waals surface area contributed by atoms with Crippen LogP contribution in [0.15, 0.2) is 47.9 Å². The largest absolute Gasteiger partial charge is 0.312 e. The third-order valence-corrected chi connectivity index (χ3v) is 5.22. The van der Waals surface area contributed by atoms with Gasteiger partial charge in [0.05, 0.1) is 0 Å². The maximum absolute atomic E-state index is 14.2. The molecule has 0 spiro atoms. The second-order valence-electron chi connectivity index (χ2n) is 6.10. The first kappa shape index (κ1) is 18.3. The molecule has 2 aromatic heterocycles. The molecule has 0 saturated carbocycles. The van der Waals surface area contributed by atoms with Gasteiger partial charge in [0.25, 0.3) is 0 Å². The second-order valence-corrected chi connectivity index (χ2v) is 7.41. The zero-order chi connectivity index (χ0) is 18.7. The molecule has 0 aliphatic rings. The van der Waals surface area contributed by atoms with Crippen LogP contribution in [0, 0.1) is 12.7 Å². The first-order chi connectivity index (χ1) is 12.4. The molecule has 0 aliphatic heterocycles. The standard InChI is InChI=1S/C19H19FN4OS/c1-12-5-4-6-17(22-12)18(25)10-15-9-14(7-8-16(15)20)13(2)26-19-23-21-11-24(19)3/h4-9,11,13H,10H2,1-3H3/t13-/m0/s1. The number of nitrogens with zero attached hydrogens (tertiary/aromatic N) is 4. The molecule has 26 heavy (non-hydrogen) atoms. The topological polar surface area (TPSA) is 60.7 Å². The van der Waals surface area contributed by atoms with Crippen LogP contribution in [0.5, 0.6) is 0 Å². The lowest BCUT2D eigenvalue weighted by atomic mass is 10.0. The number of pyridine rings is 1. The summed E-state index contributed by atoms with van der Waals surface area (Å²) in [5, 5.41) is 8.74. The molecular weight excluding hydrogens is 351 g/mol. The van der Waals surface area contributed by atoms with Crippen molar-refractivity contribution in [3.63, 3.8) is 0 Å². The van der Waals surface area contributed by atoms with Crippen molar-refractivity contribution in [2.24, 2.45) is 7.05 Å². The molecule has 0 N–H and O–H groups in total. The molecule has 0 aliphatic carbocycles. The molecule has 0 saturated heterocycles. The lowest BCUT2D eigenvalue weighted by molar-refractivity contribution is 0.0987. The van der Waals surface area contributed by atoms with Gasteiger partial charge >= 0.3 is 0 Å². The Balaban J connectivity index is 1.79. The molecule has 3 rings (SSSR count). The fourth-order valence-electron chi connectivity index (χ4n) is 2.55. The van der Waals surface area contributed by atoms with E-state index < -0.39 is 0 Å². The highest BCUT2D eigenvalue weighted by atomic mass is 32.2. The number of aromatic nitrogens is 4. The number of rotatable bonds is 6. The smallest absolute Gasteiger partial charge is 0.191 e. The Kier molecular flexibility index (Phi) is 5.46. The third-order valence-electron chi connectivity index (χ3n) is 4.02. The molecule has 0 amide bonds. The van der Waals surface area contributed by atoms with Crippen molar-refractivity contribution >= 4 is 17.5 Å². The number of ketones is 1. The van der Waals surface area contributed by atoms with Crippen LogP contribution >= 0.6 is 11.8 Å². The SMILES string of the molecule is Cc1cccc(C(=O)Cc2cc([C@H](C)Sc3nncn3C)ccc2F)n1. The summed E-state index contributed by atoms with van der Waals surface area (Å²) in [5.74, 6) is -0.580. The minimum Gasteiger partial charge on any atom is -0.312 e. The van der Waals surface area contributed by atoms with Gasteiger partial charge in [-0.3, -0.25) is 9.78 Å². The maximum atomic E-state index is 14.2. The highest BCUT2D eigenvalue weighted by Crippen LogP contribution is 2.34. The van der Waals surface area contributed by atoms with E-state index in [1.165, 1.54) is 17.8 Å². The number of aryl methyl sites for hydroxylation is 2. The molecule has 0 radical (unpaired) electrons. The van der Waals surface area contributed by atoms with Crippen LogP contribution in [0.3, 0.4) is 0 Å². The summed E-state index contributed by atoms with van der Waals surface area (Å²) in [4.78, 5) is 16.7. The minimum absolute atomic E-state index is 0.0164. The molecule has 2 heterocycles. The molecule has 0 fully saturated rings. The van der Waals surface area contributed by atoms with Crippen LogP contribution in [0.25, 0.3) is 0 Å². The summed E-state index contributed by atoms with van der Waals surface area (Å²) < 4.78 is 16.1. The van der Waals surface area contributed by atoms with Crippen molar-refractivity contribution in [1.82, 2.24) is 19.7 Å². The molecule has 1 aromatic carbocycles. The molecule has 0 unspecified atom stereocenters. The quantitative estimate of drug-likeness (QED) is 0.486. The summed E-state index contributed by atoms with van der Waals surface area (Å²) in [5.41, 5.74) is 2.43. The van der Waals surface area contributed by atoms with E-state index in [2.05, 4.69) is 15.2 Å². The summed E-state index contributed by atoms with van der Waals surface area (Å²) in [6.07, 6.45) is 1.62. The van der Waals surface area contributed by atoms with Gasteiger partial charge < -0.3 is 4.57 Å². The van der Waals surface area contributed by atoms with Gasteiger partial charge in [0.15, 0.2) is 10.9 Å². The molecule has 3 aromatic rings. The van der Waals surface area contributed by atoms with Crippen molar-refractivity contribution in [1.29, 1.82) is 0 Å². The van der Waals surface area contributed by atoms with Crippen LogP contribution in [-0.2, 0) is 13.5 Å². The first-order valence-electron chi connectivity index (χ1n) is 8.20. The minimum atomic E-state index is -0.384. The fourth-order valence-corrected chi connectivity index (χ4v) is 3.46. The zero-order valence-electron chi connectivity index (χ0n) is 14.8. The van der Waals surface area contributed by atoms with Gasteiger partial charge in [-0.25, -0.2) is 4.39 Å². The number of hydrogen-bond donors (Lipinski definition) is 0. The normalized spacial score (nSPS) is 12.2. The van der Waals surface area contributed by atoms with Crippen LogP contribution in [0.4, 0.5) is 4.39 Å². The van der Waals surface area contributed by atoms with E-state index in [1.54, 1.807) is 30.6 Å². The summed E-state index contributed by atoms with van der Waals surface area (Å²) in [7, 11) is 1.87. The monoisotopic (exact) mass is 370 g/mol. The van der Waals surface area contributed by atoms with Gasteiger partial charge in [-0.15, -0.1) is 10.2 Å². The maximum Gasteiger partial charge on any atom is 0.191 e. The number of carbonyl (C=O) groups excluding carboxylic acids is 1. The van der Waals surface area contributed by atoms with E-state index in [0.717, 1.165) is 16.4 Å². The van der Waals surface area contributed by atoms with E-state index in [1.807, 2.05) is 31.5 Å².